The molecular weight excluding hydrogens is 451 g/mol. The molecule has 5 rings (SSSR count). The number of aryl methyl sites for hydroxylation is 1. The molecular formula is C23H26F3N5OS. The third-order valence-electron chi connectivity index (χ3n) is 6.93. The molecule has 0 bridgehead atoms. The molecule has 2 aromatic heterocycles. The zero-order valence-electron chi connectivity index (χ0n) is 18.6. The van der Waals surface area contributed by atoms with E-state index in [1.807, 2.05) is 18.5 Å². The van der Waals surface area contributed by atoms with Crippen molar-refractivity contribution in [3.8, 4) is 11.6 Å². The predicted molar refractivity (Wildman–Crippen MR) is 119 cm³/mol. The van der Waals surface area contributed by atoms with Gasteiger partial charge in [-0.25, -0.2) is 4.98 Å². The van der Waals surface area contributed by atoms with Gasteiger partial charge in [0, 0.05) is 19.3 Å². The Morgan fingerprint density at radius 2 is 2.00 bits per heavy atom. The Kier molecular flexibility index (Phi) is 5.76. The van der Waals surface area contributed by atoms with E-state index in [2.05, 4.69) is 20.1 Å². The molecule has 2 aliphatic rings. The number of hydrogen-bond acceptors (Lipinski definition) is 6. The van der Waals surface area contributed by atoms with Gasteiger partial charge in [-0.05, 0) is 68.3 Å². The minimum absolute atomic E-state index is 0.250. The lowest BCUT2D eigenvalue weighted by Gasteiger charge is -2.16. The van der Waals surface area contributed by atoms with Crippen LogP contribution in [0.1, 0.15) is 42.0 Å². The number of nitrogens with zero attached hydrogens (tertiary/aromatic N) is 5. The summed E-state index contributed by atoms with van der Waals surface area (Å²) in [6.45, 7) is 4.98. The highest BCUT2D eigenvalue weighted by molar-refractivity contribution is 7.99. The molecule has 1 saturated heterocycles. The van der Waals surface area contributed by atoms with Crippen molar-refractivity contribution in [2.75, 3.05) is 25.4 Å². The van der Waals surface area contributed by atoms with E-state index in [-0.39, 0.29) is 5.41 Å². The first-order valence-electron chi connectivity index (χ1n) is 11.1. The summed E-state index contributed by atoms with van der Waals surface area (Å²) in [7, 11) is 1.93. The minimum Gasteiger partial charge on any atom is -0.440 e. The summed E-state index contributed by atoms with van der Waals surface area (Å²) in [5.74, 6) is 2.65. The van der Waals surface area contributed by atoms with Gasteiger partial charge in [-0.3, -0.25) is 0 Å². The predicted octanol–water partition coefficient (Wildman–Crippen LogP) is 5.16. The highest BCUT2D eigenvalue weighted by Gasteiger charge is 2.57. The zero-order chi connectivity index (χ0) is 23.2. The van der Waals surface area contributed by atoms with Gasteiger partial charge in [0.1, 0.15) is 0 Å². The van der Waals surface area contributed by atoms with Gasteiger partial charge in [0.25, 0.3) is 0 Å². The lowest BCUT2D eigenvalue weighted by Crippen LogP contribution is -2.23. The minimum atomic E-state index is -4.27. The highest BCUT2D eigenvalue weighted by Crippen LogP contribution is 2.64. The standard InChI is InChI=1S/C23H26F3N5OS/c1-15-19(32-14-27-15)20-28-29-21(30(20)2)33-11-3-9-31-10-8-22(13-31)12-18(22)16-4-6-17(7-5-16)23(24,25)26/h4-7,14,18H,3,8-13H2,1-2H3/t18?,22-/m0/s1. The Morgan fingerprint density at radius 1 is 1.21 bits per heavy atom. The largest absolute Gasteiger partial charge is 0.440 e. The average Bonchev–Trinajstić information content (AvgIpc) is 3.05. The summed E-state index contributed by atoms with van der Waals surface area (Å²) in [5, 5.41) is 9.38. The Labute approximate surface area is 194 Å². The molecule has 0 radical (unpaired) electrons. The molecule has 1 aliphatic carbocycles. The fraction of sp³-hybridized carbons (Fsp3) is 0.522. The van der Waals surface area contributed by atoms with Gasteiger partial charge in [-0.1, -0.05) is 23.9 Å². The van der Waals surface area contributed by atoms with Crippen molar-refractivity contribution >= 4 is 11.8 Å². The smallest absolute Gasteiger partial charge is 0.416 e. The normalized spacial score (nSPS) is 23.0. The second-order valence-corrected chi connectivity index (χ2v) is 10.2. The van der Waals surface area contributed by atoms with Gasteiger partial charge in [0.05, 0.1) is 11.3 Å². The number of halogens is 3. The molecule has 1 unspecified atom stereocenters. The number of rotatable bonds is 7. The van der Waals surface area contributed by atoms with Crippen LogP contribution in [0.3, 0.4) is 0 Å². The van der Waals surface area contributed by atoms with Crippen LogP contribution in [0.5, 0.6) is 0 Å². The Balaban J connectivity index is 1.09. The van der Waals surface area contributed by atoms with Gasteiger partial charge < -0.3 is 13.9 Å². The molecule has 1 aliphatic heterocycles. The van der Waals surface area contributed by atoms with E-state index in [1.165, 1.54) is 18.5 Å². The van der Waals surface area contributed by atoms with E-state index < -0.39 is 11.7 Å². The highest BCUT2D eigenvalue weighted by atomic mass is 32.2. The summed E-state index contributed by atoms with van der Waals surface area (Å²) in [5.41, 5.74) is 1.51. The maximum atomic E-state index is 12.8. The van der Waals surface area contributed by atoms with Crippen molar-refractivity contribution in [1.29, 1.82) is 0 Å². The average molecular weight is 478 g/mol. The molecule has 3 aromatic rings. The van der Waals surface area contributed by atoms with Gasteiger partial charge in [-0.15, -0.1) is 10.2 Å². The topological polar surface area (TPSA) is 60.0 Å². The quantitative estimate of drug-likeness (QED) is 0.346. The van der Waals surface area contributed by atoms with E-state index in [9.17, 15) is 13.2 Å². The number of thioether (sulfide) groups is 1. The molecule has 6 nitrogen and oxygen atoms in total. The monoisotopic (exact) mass is 477 g/mol. The molecule has 1 aromatic carbocycles. The van der Waals surface area contributed by atoms with Gasteiger partial charge >= 0.3 is 6.18 Å². The van der Waals surface area contributed by atoms with E-state index in [4.69, 9.17) is 4.42 Å². The number of alkyl halides is 3. The number of benzene rings is 1. The molecule has 1 saturated carbocycles. The third kappa shape index (κ3) is 4.42. The van der Waals surface area contributed by atoms with Crippen LogP contribution in [-0.4, -0.2) is 50.0 Å². The van der Waals surface area contributed by atoms with Crippen molar-refractivity contribution in [1.82, 2.24) is 24.6 Å². The van der Waals surface area contributed by atoms with Crippen molar-refractivity contribution in [2.45, 2.75) is 43.4 Å². The van der Waals surface area contributed by atoms with E-state index in [0.29, 0.717) is 17.5 Å². The fourth-order valence-electron chi connectivity index (χ4n) is 4.96. The summed E-state index contributed by atoms with van der Waals surface area (Å²) < 4.78 is 45.8. The first-order valence-corrected chi connectivity index (χ1v) is 12.1. The van der Waals surface area contributed by atoms with Gasteiger partial charge in [-0.2, -0.15) is 13.2 Å². The Morgan fingerprint density at radius 3 is 2.70 bits per heavy atom. The molecule has 2 fully saturated rings. The molecule has 1 spiro atoms. The Hall–Kier alpha value is -2.33. The number of likely N-dealkylation sites (tertiary alicyclic amines) is 1. The fourth-order valence-corrected chi connectivity index (χ4v) is 5.79. The van der Waals surface area contributed by atoms with Crippen LogP contribution >= 0.6 is 11.8 Å². The lowest BCUT2D eigenvalue weighted by molar-refractivity contribution is -0.137. The summed E-state index contributed by atoms with van der Waals surface area (Å²) in [4.78, 5) is 6.60. The number of aromatic nitrogens is 4. The summed E-state index contributed by atoms with van der Waals surface area (Å²) >= 11 is 1.68. The molecule has 10 heteroatoms. The van der Waals surface area contributed by atoms with Crippen molar-refractivity contribution < 1.29 is 17.6 Å². The molecule has 0 N–H and O–H groups in total. The molecule has 2 atom stereocenters. The summed E-state index contributed by atoms with van der Waals surface area (Å²) in [6.07, 6.45) is 0.372. The number of oxazole rings is 1. The van der Waals surface area contributed by atoms with Crippen LogP contribution < -0.4 is 0 Å². The van der Waals surface area contributed by atoms with Gasteiger partial charge in [0.2, 0.25) is 5.82 Å². The van der Waals surface area contributed by atoms with Crippen LogP contribution in [0, 0.1) is 12.3 Å². The van der Waals surface area contributed by atoms with Crippen LogP contribution in [0.2, 0.25) is 0 Å². The van der Waals surface area contributed by atoms with E-state index in [0.717, 1.165) is 61.1 Å². The van der Waals surface area contributed by atoms with Crippen LogP contribution in [0.4, 0.5) is 13.2 Å². The van der Waals surface area contributed by atoms with Crippen molar-refractivity contribution in [3.63, 3.8) is 0 Å². The Bertz CT molecular complexity index is 1130. The third-order valence-corrected chi connectivity index (χ3v) is 8.03. The maximum absolute atomic E-state index is 12.8. The molecule has 176 valence electrons. The number of hydrogen-bond donors (Lipinski definition) is 0. The van der Waals surface area contributed by atoms with Crippen molar-refractivity contribution in [3.05, 3.63) is 47.5 Å². The first kappa shape index (κ1) is 22.5. The lowest BCUT2D eigenvalue weighted by atomic mass is 9.97. The van der Waals surface area contributed by atoms with Crippen LogP contribution in [0.25, 0.3) is 11.6 Å². The van der Waals surface area contributed by atoms with Crippen LogP contribution in [-0.2, 0) is 13.2 Å². The first-order chi connectivity index (χ1) is 15.8. The molecule has 33 heavy (non-hydrogen) atoms. The van der Waals surface area contributed by atoms with Crippen LogP contribution in [0.15, 0.2) is 40.2 Å². The van der Waals surface area contributed by atoms with E-state index in [1.54, 1.807) is 23.9 Å². The second-order valence-electron chi connectivity index (χ2n) is 9.10. The van der Waals surface area contributed by atoms with Gasteiger partial charge in [0.15, 0.2) is 17.3 Å². The molecule has 0 amide bonds. The summed E-state index contributed by atoms with van der Waals surface area (Å²) in [6, 6.07) is 5.76. The molecule has 3 heterocycles. The SMILES string of the molecule is Cc1ncoc1-c1nnc(SCCCN2CC[C@]3(CC3c3ccc(C(F)(F)F)cc3)C2)n1C. The second kappa shape index (κ2) is 8.47. The van der Waals surface area contributed by atoms with E-state index >= 15 is 0 Å². The zero-order valence-corrected chi connectivity index (χ0v) is 19.4. The van der Waals surface area contributed by atoms with Crippen molar-refractivity contribution in [2.24, 2.45) is 12.5 Å². The maximum Gasteiger partial charge on any atom is 0.416 e.